The topological polar surface area (TPSA) is 103 Å². The van der Waals surface area contributed by atoms with Crippen LogP contribution < -0.4 is 10.2 Å². The number of anilines is 3. The van der Waals surface area contributed by atoms with Crippen LogP contribution in [0.15, 0.2) is 41.9 Å². The van der Waals surface area contributed by atoms with Crippen LogP contribution in [0.1, 0.15) is 12.8 Å². The lowest BCUT2D eigenvalue weighted by molar-refractivity contribution is -0.127. The summed E-state index contributed by atoms with van der Waals surface area (Å²) in [6.45, 7) is 5.00. The number of nitrogens with one attached hydrogen (secondary N) is 2. The van der Waals surface area contributed by atoms with E-state index in [0.717, 1.165) is 36.2 Å². The number of likely N-dealkylation sites (tertiary alicyclic amines) is 1. The number of aromatic nitrogens is 4. The molecule has 1 aliphatic heterocycles. The van der Waals surface area contributed by atoms with Crippen LogP contribution in [0.5, 0.6) is 0 Å². The van der Waals surface area contributed by atoms with Crippen molar-refractivity contribution < 1.29 is 9.32 Å². The number of aromatic amines is 1. The number of likely N-dealkylation sites (N-methyl/N-ethyl adjacent to an activating group) is 1. The van der Waals surface area contributed by atoms with E-state index in [1.807, 2.05) is 24.2 Å². The highest BCUT2D eigenvalue weighted by molar-refractivity contribution is 5.89. The van der Waals surface area contributed by atoms with Crippen LogP contribution in [-0.4, -0.2) is 57.1 Å². The molecular formula is C18H21N7O2. The lowest BCUT2D eigenvalue weighted by Crippen LogP contribution is -2.48. The Morgan fingerprint density at radius 1 is 1.52 bits per heavy atom. The van der Waals surface area contributed by atoms with Gasteiger partial charge in [-0.25, -0.2) is 0 Å². The fourth-order valence-electron chi connectivity index (χ4n) is 3.42. The van der Waals surface area contributed by atoms with Crippen molar-refractivity contribution in [3.63, 3.8) is 0 Å². The number of amides is 1. The van der Waals surface area contributed by atoms with Crippen molar-refractivity contribution >= 4 is 34.4 Å². The van der Waals surface area contributed by atoms with Gasteiger partial charge in [0.2, 0.25) is 11.9 Å². The molecule has 3 aromatic rings. The number of carbonyl (C=O) groups excluding carboxylic acids is 1. The summed E-state index contributed by atoms with van der Waals surface area (Å²) >= 11 is 0. The van der Waals surface area contributed by atoms with E-state index in [1.165, 1.54) is 12.3 Å². The Morgan fingerprint density at radius 3 is 3.19 bits per heavy atom. The summed E-state index contributed by atoms with van der Waals surface area (Å²) in [5.74, 6) is 1.22. The van der Waals surface area contributed by atoms with Crippen LogP contribution in [0.25, 0.3) is 11.0 Å². The number of H-pyrrole nitrogens is 1. The molecule has 3 aromatic heterocycles. The van der Waals surface area contributed by atoms with Crippen molar-refractivity contribution in [3.05, 3.63) is 37.4 Å². The minimum atomic E-state index is -0.0302. The number of piperidine rings is 1. The molecule has 0 aliphatic carbocycles. The Morgan fingerprint density at radius 2 is 2.41 bits per heavy atom. The maximum atomic E-state index is 12.0. The highest BCUT2D eigenvalue weighted by Gasteiger charge is 2.27. The molecule has 140 valence electrons. The molecule has 0 aromatic carbocycles. The molecule has 4 rings (SSSR count). The van der Waals surface area contributed by atoms with Crippen LogP contribution in [-0.2, 0) is 4.79 Å². The minimum Gasteiger partial charge on any atom is -0.363 e. The maximum Gasteiger partial charge on any atom is 0.246 e. The zero-order chi connectivity index (χ0) is 18.8. The third-order valence-electron chi connectivity index (χ3n) is 4.85. The van der Waals surface area contributed by atoms with Crippen LogP contribution in [0.3, 0.4) is 0 Å². The van der Waals surface area contributed by atoms with Crippen LogP contribution >= 0.6 is 0 Å². The predicted molar refractivity (Wildman–Crippen MR) is 102 cm³/mol. The van der Waals surface area contributed by atoms with Crippen molar-refractivity contribution in [2.75, 3.05) is 30.4 Å². The molecule has 0 spiro atoms. The molecule has 4 heterocycles. The van der Waals surface area contributed by atoms with Gasteiger partial charge >= 0.3 is 0 Å². The molecule has 1 amide bonds. The van der Waals surface area contributed by atoms with E-state index in [9.17, 15) is 4.79 Å². The molecule has 9 heteroatoms. The zero-order valence-corrected chi connectivity index (χ0v) is 15.1. The Hall–Kier alpha value is -3.36. The highest BCUT2D eigenvalue weighted by Crippen LogP contribution is 2.28. The summed E-state index contributed by atoms with van der Waals surface area (Å²) in [4.78, 5) is 28.3. The molecule has 2 N–H and O–H groups in total. The van der Waals surface area contributed by atoms with Gasteiger partial charge in [0.15, 0.2) is 0 Å². The summed E-state index contributed by atoms with van der Waals surface area (Å²) < 4.78 is 4.85. The number of rotatable bonds is 5. The van der Waals surface area contributed by atoms with E-state index in [1.54, 1.807) is 6.20 Å². The standard InChI is InChI=1S/C18H21N7O2/c1-3-15(26)25-8-4-5-13(10-25)24(2)17-14-6-7-19-16(14)22-18(23-17)21-12-9-20-27-11-12/h3,6-7,9,11,13H,1,4-5,8,10H2,2H3,(H2,19,21,22,23)/t13-/m1/s1. The second-order valence-electron chi connectivity index (χ2n) is 6.54. The summed E-state index contributed by atoms with van der Waals surface area (Å²) in [5.41, 5.74) is 1.41. The van der Waals surface area contributed by atoms with Crippen molar-refractivity contribution in [1.82, 2.24) is 25.0 Å². The van der Waals surface area contributed by atoms with E-state index in [4.69, 9.17) is 9.51 Å². The average Bonchev–Trinajstić information content (AvgIpc) is 3.38. The minimum absolute atomic E-state index is 0.0302. The van der Waals surface area contributed by atoms with Gasteiger partial charge in [0.05, 0.1) is 11.6 Å². The van der Waals surface area contributed by atoms with Gasteiger partial charge in [-0.05, 0) is 25.0 Å². The van der Waals surface area contributed by atoms with Gasteiger partial charge in [-0.3, -0.25) is 4.79 Å². The molecular weight excluding hydrogens is 346 g/mol. The van der Waals surface area contributed by atoms with Gasteiger partial charge < -0.3 is 24.6 Å². The Balaban J connectivity index is 1.64. The van der Waals surface area contributed by atoms with Crippen LogP contribution in [0.4, 0.5) is 17.5 Å². The number of hydrogen-bond donors (Lipinski definition) is 2. The van der Waals surface area contributed by atoms with Gasteiger partial charge in [-0.1, -0.05) is 11.7 Å². The third kappa shape index (κ3) is 3.35. The van der Waals surface area contributed by atoms with Crippen molar-refractivity contribution in [2.24, 2.45) is 0 Å². The van der Waals surface area contributed by atoms with Gasteiger partial charge in [0.1, 0.15) is 23.4 Å². The monoisotopic (exact) mass is 367 g/mol. The smallest absolute Gasteiger partial charge is 0.246 e. The third-order valence-corrected chi connectivity index (χ3v) is 4.85. The van der Waals surface area contributed by atoms with E-state index < -0.39 is 0 Å². The molecule has 1 saturated heterocycles. The average molecular weight is 367 g/mol. The SMILES string of the molecule is C=CC(=O)N1CCC[C@@H](N(C)c2nc(Nc3cnoc3)nc3[nH]ccc23)C1. The highest BCUT2D eigenvalue weighted by atomic mass is 16.5. The Labute approximate surface area is 156 Å². The second kappa shape index (κ2) is 7.10. The van der Waals surface area contributed by atoms with Crippen molar-refractivity contribution in [2.45, 2.75) is 18.9 Å². The molecule has 0 bridgehead atoms. The molecule has 27 heavy (non-hydrogen) atoms. The molecule has 1 fully saturated rings. The van der Waals surface area contributed by atoms with Gasteiger partial charge in [0.25, 0.3) is 0 Å². The van der Waals surface area contributed by atoms with E-state index in [2.05, 4.69) is 31.9 Å². The fourth-order valence-corrected chi connectivity index (χ4v) is 3.42. The fraction of sp³-hybridized carbons (Fsp3) is 0.333. The van der Waals surface area contributed by atoms with Crippen LogP contribution in [0, 0.1) is 0 Å². The number of nitrogens with zero attached hydrogens (tertiary/aromatic N) is 5. The Bertz CT molecular complexity index is 950. The quantitative estimate of drug-likeness (QED) is 0.667. The normalized spacial score (nSPS) is 17.1. The number of hydrogen-bond acceptors (Lipinski definition) is 7. The number of fused-ring (bicyclic) bond motifs is 1. The van der Waals surface area contributed by atoms with E-state index >= 15 is 0 Å². The summed E-state index contributed by atoms with van der Waals surface area (Å²) in [6.07, 6.45) is 8.20. The van der Waals surface area contributed by atoms with Crippen LogP contribution in [0.2, 0.25) is 0 Å². The van der Waals surface area contributed by atoms with Gasteiger partial charge in [-0.2, -0.15) is 9.97 Å². The second-order valence-corrected chi connectivity index (χ2v) is 6.54. The first kappa shape index (κ1) is 17.1. The molecule has 1 atom stereocenters. The molecule has 0 saturated carbocycles. The van der Waals surface area contributed by atoms with Gasteiger partial charge in [-0.15, -0.1) is 0 Å². The Kier molecular flexibility index (Phi) is 4.49. The first-order chi connectivity index (χ1) is 13.2. The molecule has 0 unspecified atom stereocenters. The lowest BCUT2D eigenvalue weighted by atomic mass is 10.0. The molecule has 1 aliphatic rings. The van der Waals surface area contributed by atoms with E-state index in [0.29, 0.717) is 18.2 Å². The zero-order valence-electron chi connectivity index (χ0n) is 15.1. The number of carbonyl (C=O) groups is 1. The summed E-state index contributed by atoms with van der Waals surface area (Å²) in [6, 6.07) is 2.12. The van der Waals surface area contributed by atoms with Gasteiger partial charge in [0, 0.05) is 32.4 Å². The van der Waals surface area contributed by atoms with E-state index in [-0.39, 0.29) is 11.9 Å². The van der Waals surface area contributed by atoms with Crippen molar-refractivity contribution in [3.8, 4) is 0 Å². The largest absolute Gasteiger partial charge is 0.363 e. The molecule has 9 nitrogen and oxygen atoms in total. The maximum absolute atomic E-state index is 12.0. The first-order valence-electron chi connectivity index (χ1n) is 8.81. The predicted octanol–water partition coefficient (Wildman–Crippen LogP) is 2.30. The summed E-state index contributed by atoms with van der Waals surface area (Å²) in [7, 11) is 2.00. The first-order valence-corrected chi connectivity index (χ1v) is 8.81. The summed E-state index contributed by atoms with van der Waals surface area (Å²) in [5, 5.41) is 7.71. The van der Waals surface area contributed by atoms with Crippen molar-refractivity contribution in [1.29, 1.82) is 0 Å². The molecule has 0 radical (unpaired) electrons. The lowest BCUT2D eigenvalue weighted by Gasteiger charge is -2.38.